The number of anilines is 1. The third-order valence-corrected chi connectivity index (χ3v) is 4.93. The number of rotatable bonds is 2. The Bertz CT molecular complexity index is 558. The first kappa shape index (κ1) is 13.2. The van der Waals surface area contributed by atoms with Crippen LogP contribution in [0, 0.1) is 6.92 Å². The molecule has 1 aromatic carbocycles. The quantitative estimate of drug-likeness (QED) is 0.808. The average molecular weight is 338 g/mol. The molecule has 3 rings (SSSR count). The van der Waals surface area contributed by atoms with E-state index in [1.165, 1.54) is 21.0 Å². The summed E-state index contributed by atoms with van der Waals surface area (Å²) in [6.07, 6.45) is 0. The Labute approximate surface area is 126 Å². The maximum atomic E-state index is 5.45. The van der Waals surface area contributed by atoms with Crippen molar-refractivity contribution in [3.8, 4) is 11.1 Å². The van der Waals surface area contributed by atoms with Crippen molar-refractivity contribution in [1.82, 2.24) is 0 Å². The zero-order chi connectivity index (χ0) is 13.2. The first-order valence-corrected chi connectivity index (χ1v) is 8.04. The molecule has 0 aliphatic carbocycles. The van der Waals surface area contributed by atoms with Crippen molar-refractivity contribution in [2.24, 2.45) is 0 Å². The Balaban J connectivity index is 1.98. The molecule has 0 spiro atoms. The van der Waals surface area contributed by atoms with Gasteiger partial charge in [0.25, 0.3) is 0 Å². The van der Waals surface area contributed by atoms with E-state index in [1.54, 1.807) is 0 Å². The summed E-state index contributed by atoms with van der Waals surface area (Å²) in [6, 6.07) is 10.8. The lowest BCUT2D eigenvalue weighted by atomic mass is 10.1. The highest BCUT2D eigenvalue weighted by atomic mass is 79.9. The van der Waals surface area contributed by atoms with Crippen molar-refractivity contribution >= 4 is 32.3 Å². The van der Waals surface area contributed by atoms with Crippen molar-refractivity contribution in [2.75, 3.05) is 31.2 Å². The van der Waals surface area contributed by atoms with Gasteiger partial charge in [0.15, 0.2) is 0 Å². The summed E-state index contributed by atoms with van der Waals surface area (Å²) in [7, 11) is 0. The van der Waals surface area contributed by atoms with Gasteiger partial charge >= 0.3 is 0 Å². The van der Waals surface area contributed by atoms with Crippen LogP contribution in [0.2, 0.25) is 0 Å². The normalized spacial score (nSPS) is 15.8. The lowest BCUT2D eigenvalue weighted by Crippen LogP contribution is -2.35. The Kier molecular flexibility index (Phi) is 3.91. The van der Waals surface area contributed by atoms with E-state index >= 15 is 0 Å². The highest BCUT2D eigenvalue weighted by Gasteiger charge is 2.18. The van der Waals surface area contributed by atoms with Gasteiger partial charge in [-0.1, -0.05) is 28.1 Å². The third-order valence-electron chi connectivity index (χ3n) is 3.29. The number of morpholine rings is 1. The molecule has 0 radical (unpaired) electrons. The minimum Gasteiger partial charge on any atom is -0.378 e. The summed E-state index contributed by atoms with van der Waals surface area (Å²) in [6.45, 7) is 5.82. The summed E-state index contributed by atoms with van der Waals surface area (Å²) in [4.78, 5) is 3.80. The van der Waals surface area contributed by atoms with Crippen LogP contribution in [0.3, 0.4) is 0 Å². The largest absolute Gasteiger partial charge is 0.378 e. The van der Waals surface area contributed by atoms with Crippen molar-refractivity contribution < 1.29 is 4.74 Å². The highest BCUT2D eigenvalue weighted by Crippen LogP contribution is 2.39. The summed E-state index contributed by atoms with van der Waals surface area (Å²) in [5.74, 6) is 0. The number of nitrogens with zero attached hydrogens (tertiary/aromatic N) is 1. The molecule has 2 heterocycles. The number of aryl methyl sites for hydroxylation is 1. The van der Waals surface area contributed by atoms with Crippen LogP contribution >= 0.6 is 27.3 Å². The highest BCUT2D eigenvalue weighted by molar-refractivity contribution is 9.10. The number of hydrogen-bond acceptors (Lipinski definition) is 3. The van der Waals surface area contributed by atoms with Gasteiger partial charge in [-0.25, -0.2) is 0 Å². The Morgan fingerprint density at radius 2 is 1.84 bits per heavy atom. The Hall–Kier alpha value is -0.840. The predicted molar refractivity (Wildman–Crippen MR) is 85.2 cm³/mol. The van der Waals surface area contributed by atoms with Crippen LogP contribution in [0.4, 0.5) is 5.00 Å². The minimum atomic E-state index is 0.830. The molecule has 1 saturated heterocycles. The molecule has 2 nitrogen and oxygen atoms in total. The van der Waals surface area contributed by atoms with Crippen LogP contribution in [0.1, 0.15) is 4.88 Å². The lowest BCUT2D eigenvalue weighted by Gasteiger charge is -2.28. The van der Waals surface area contributed by atoms with E-state index in [-0.39, 0.29) is 0 Å². The second-order valence-corrected chi connectivity index (χ2v) is 6.83. The monoisotopic (exact) mass is 337 g/mol. The predicted octanol–water partition coefficient (Wildman–Crippen LogP) is 4.32. The fourth-order valence-electron chi connectivity index (χ4n) is 2.34. The smallest absolute Gasteiger partial charge is 0.0992 e. The SMILES string of the molecule is Cc1cc(-c2ccc(Br)cc2)c(N2CCOCC2)s1. The van der Waals surface area contributed by atoms with E-state index in [0.29, 0.717) is 0 Å². The van der Waals surface area contributed by atoms with E-state index in [9.17, 15) is 0 Å². The molecule has 1 aromatic heterocycles. The zero-order valence-corrected chi connectivity index (χ0v) is 13.3. The van der Waals surface area contributed by atoms with Crippen molar-refractivity contribution in [3.63, 3.8) is 0 Å². The van der Waals surface area contributed by atoms with Crippen molar-refractivity contribution in [1.29, 1.82) is 0 Å². The fourth-order valence-corrected chi connectivity index (χ4v) is 3.68. The average Bonchev–Trinajstić information content (AvgIpc) is 2.83. The maximum Gasteiger partial charge on any atom is 0.0992 e. The van der Waals surface area contributed by atoms with Gasteiger partial charge < -0.3 is 9.64 Å². The van der Waals surface area contributed by atoms with E-state index < -0.39 is 0 Å². The second kappa shape index (κ2) is 5.65. The molecule has 0 atom stereocenters. The third kappa shape index (κ3) is 2.86. The van der Waals surface area contributed by atoms with Crippen LogP contribution in [-0.4, -0.2) is 26.3 Å². The Morgan fingerprint density at radius 3 is 2.53 bits per heavy atom. The van der Waals surface area contributed by atoms with E-state index in [1.807, 2.05) is 11.3 Å². The van der Waals surface area contributed by atoms with Crippen LogP contribution in [-0.2, 0) is 4.74 Å². The lowest BCUT2D eigenvalue weighted by molar-refractivity contribution is 0.123. The first-order chi connectivity index (χ1) is 9.24. The minimum absolute atomic E-state index is 0.830. The Morgan fingerprint density at radius 1 is 1.16 bits per heavy atom. The number of halogens is 1. The second-order valence-electron chi connectivity index (χ2n) is 4.68. The van der Waals surface area contributed by atoms with Crippen LogP contribution in [0.5, 0.6) is 0 Å². The first-order valence-electron chi connectivity index (χ1n) is 6.43. The van der Waals surface area contributed by atoms with Crippen LogP contribution < -0.4 is 4.90 Å². The van der Waals surface area contributed by atoms with Crippen molar-refractivity contribution in [3.05, 3.63) is 39.7 Å². The molecule has 19 heavy (non-hydrogen) atoms. The number of benzene rings is 1. The van der Waals surface area contributed by atoms with Gasteiger partial charge in [-0.3, -0.25) is 0 Å². The van der Waals surface area contributed by atoms with Crippen molar-refractivity contribution in [2.45, 2.75) is 6.92 Å². The number of hydrogen-bond donors (Lipinski definition) is 0. The molecule has 4 heteroatoms. The summed E-state index contributed by atoms with van der Waals surface area (Å²) >= 11 is 5.37. The van der Waals surface area contributed by atoms with Gasteiger partial charge in [-0.2, -0.15) is 0 Å². The van der Waals surface area contributed by atoms with Gasteiger partial charge in [-0.05, 0) is 30.7 Å². The molecule has 0 amide bonds. The zero-order valence-electron chi connectivity index (χ0n) is 10.9. The number of ether oxygens (including phenoxy) is 1. The van der Waals surface area contributed by atoms with E-state index in [0.717, 1.165) is 30.8 Å². The standard InChI is InChI=1S/C15H16BrNOS/c1-11-10-14(12-2-4-13(16)5-3-12)15(19-11)17-6-8-18-9-7-17/h2-5,10H,6-9H2,1H3. The summed E-state index contributed by atoms with van der Waals surface area (Å²) < 4.78 is 6.57. The molecule has 1 fully saturated rings. The van der Waals surface area contributed by atoms with Gasteiger partial charge in [-0.15, -0.1) is 11.3 Å². The topological polar surface area (TPSA) is 12.5 Å². The molecule has 2 aromatic rings. The van der Waals surface area contributed by atoms with E-state index in [2.05, 4.69) is 58.1 Å². The molecule has 0 bridgehead atoms. The summed E-state index contributed by atoms with van der Waals surface area (Å²) in [5, 5.41) is 1.38. The molecule has 0 N–H and O–H groups in total. The molecule has 1 aliphatic heterocycles. The van der Waals surface area contributed by atoms with Crippen LogP contribution in [0.15, 0.2) is 34.8 Å². The molecular formula is C15H16BrNOS. The fraction of sp³-hybridized carbons (Fsp3) is 0.333. The molecule has 100 valence electrons. The van der Waals surface area contributed by atoms with E-state index in [4.69, 9.17) is 4.74 Å². The maximum absolute atomic E-state index is 5.45. The van der Waals surface area contributed by atoms with Gasteiger partial charge in [0.2, 0.25) is 0 Å². The molecule has 0 saturated carbocycles. The van der Waals surface area contributed by atoms with Gasteiger partial charge in [0, 0.05) is 28.0 Å². The van der Waals surface area contributed by atoms with Gasteiger partial charge in [0.1, 0.15) is 0 Å². The summed E-state index contributed by atoms with van der Waals surface area (Å²) in [5.41, 5.74) is 2.63. The van der Waals surface area contributed by atoms with Gasteiger partial charge in [0.05, 0.1) is 18.2 Å². The molecular weight excluding hydrogens is 322 g/mol. The molecule has 0 unspecified atom stereocenters. The molecule has 1 aliphatic rings. The van der Waals surface area contributed by atoms with Crippen LogP contribution in [0.25, 0.3) is 11.1 Å². The number of thiophene rings is 1.